The lowest BCUT2D eigenvalue weighted by Crippen LogP contribution is -2.27. The van der Waals surface area contributed by atoms with Crippen LogP contribution < -0.4 is 10.6 Å². The maximum Gasteiger partial charge on any atom is 0.171 e. The van der Waals surface area contributed by atoms with Gasteiger partial charge in [-0.05, 0) is 54.0 Å². The van der Waals surface area contributed by atoms with Gasteiger partial charge in [-0.3, -0.25) is 0 Å². The highest BCUT2D eigenvalue weighted by atomic mass is 35.5. The molecule has 2 rings (SSSR count). The van der Waals surface area contributed by atoms with Crippen molar-refractivity contribution in [3.05, 3.63) is 63.6 Å². The smallest absolute Gasteiger partial charge is 0.171 e. The molecule has 0 aliphatic carbocycles. The fraction of sp³-hybridized carbons (Fsp3) is 0.188. The monoisotopic (exact) mass is 338 g/mol. The average molecular weight is 339 g/mol. The third-order valence-corrected chi connectivity index (χ3v) is 4.04. The first-order valence-corrected chi connectivity index (χ1v) is 7.82. The van der Waals surface area contributed by atoms with Crippen LogP contribution in [-0.4, -0.2) is 5.11 Å². The van der Waals surface area contributed by atoms with Crippen molar-refractivity contribution in [2.45, 2.75) is 19.9 Å². The molecule has 0 spiro atoms. The number of nitrogens with one attached hydrogen (secondary N) is 2. The van der Waals surface area contributed by atoms with Gasteiger partial charge in [0.05, 0.1) is 10.0 Å². The Labute approximate surface area is 140 Å². The summed E-state index contributed by atoms with van der Waals surface area (Å²) in [6.07, 6.45) is 1.03. The fourth-order valence-corrected chi connectivity index (χ4v) is 2.34. The van der Waals surface area contributed by atoms with Crippen LogP contribution in [0.25, 0.3) is 0 Å². The van der Waals surface area contributed by atoms with Gasteiger partial charge in [-0.2, -0.15) is 0 Å². The molecule has 0 aliphatic rings. The molecule has 0 aliphatic heterocycles. The van der Waals surface area contributed by atoms with Gasteiger partial charge in [-0.25, -0.2) is 0 Å². The molecule has 2 nitrogen and oxygen atoms in total. The summed E-state index contributed by atoms with van der Waals surface area (Å²) in [5.41, 5.74) is 3.30. The van der Waals surface area contributed by atoms with Crippen LogP contribution in [-0.2, 0) is 13.0 Å². The molecule has 21 heavy (non-hydrogen) atoms. The summed E-state index contributed by atoms with van der Waals surface area (Å²) in [7, 11) is 0. The first kappa shape index (κ1) is 16.1. The SMILES string of the molecule is CCc1ccc(NC(=S)NCc2ccc(Cl)c(Cl)c2)cc1. The van der Waals surface area contributed by atoms with Crippen LogP contribution in [0.5, 0.6) is 0 Å². The molecule has 0 aromatic heterocycles. The van der Waals surface area contributed by atoms with Gasteiger partial charge < -0.3 is 10.6 Å². The number of halogens is 2. The van der Waals surface area contributed by atoms with Crippen LogP contribution >= 0.6 is 35.4 Å². The number of aryl methyl sites for hydroxylation is 1. The molecule has 2 aromatic rings. The van der Waals surface area contributed by atoms with E-state index in [-0.39, 0.29) is 0 Å². The highest BCUT2D eigenvalue weighted by Crippen LogP contribution is 2.22. The Hall–Kier alpha value is -1.29. The lowest BCUT2D eigenvalue weighted by Gasteiger charge is -2.11. The lowest BCUT2D eigenvalue weighted by atomic mass is 10.1. The van der Waals surface area contributed by atoms with Crippen molar-refractivity contribution < 1.29 is 0 Å². The predicted octanol–water partition coefficient (Wildman–Crippen LogP) is 5.04. The van der Waals surface area contributed by atoms with Gasteiger partial charge in [0, 0.05) is 12.2 Å². The normalized spacial score (nSPS) is 10.2. The minimum Gasteiger partial charge on any atom is -0.358 e. The highest BCUT2D eigenvalue weighted by molar-refractivity contribution is 7.80. The van der Waals surface area contributed by atoms with Crippen molar-refractivity contribution in [1.29, 1.82) is 0 Å². The van der Waals surface area contributed by atoms with E-state index in [1.807, 2.05) is 24.3 Å². The van der Waals surface area contributed by atoms with Gasteiger partial charge >= 0.3 is 0 Å². The van der Waals surface area contributed by atoms with Crippen LogP contribution in [0, 0.1) is 0 Å². The molecule has 0 saturated carbocycles. The van der Waals surface area contributed by atoms with Crippen molar-refractivity contribution in [3.8, 4) is 0 Å². The zero-order valence-corrected chi connectivity index (χ0v) is 13.9. The lowest BCUT2D eigenvalue weighted by molar-refractivity contribution is 0.926. The number of rotatable bonds is 4. The molecule has 0 bridgehead atoms. The average Bonchev–Trinajstić information content (AvgIpc) is 2.49. The predicted molar refractivity (Wildman–Crippen MR) is 95.3 cm³/mol. The Morgan fingerprint density at radius 1 is 1.00 bits per heavy atom. The molecule has 0 atom stereocenters. The second-order valence-electron chi connectivity index (χ2n) is 4.61. The van der Waals surface area contributed by atoms with Crippen LogP contribution in [0.4, 0.5) is 5.69 Å². The molecule has 0 radical (unpaired) electrons. The molecule has 5 heteroatoms. The summed E-state index contributed by atoms with van der Waals surface area (Å²) in [6.45, 7) is 2.72. The summed E-state index contributed by atoms with van der Waals surface area (Å²) >= 11 is 17.1. The Bertz CT molecular complexity index is 627. The summed E-state index contributed by atoms with van der Waals surface area (Å²) in [5, 5.41) is 7.97. The van der Waals surface area contributed by atoms with E-state index in [1.165, 1.54) is 5.56 Å². The number of anilines is 1. The molecule has 0 fully saturated rings. The largest absolute Gasteiger partial charge is 0.358 e. The van der Waals surface area contributed by atoms with Crippen molar-refractivity contribution in [2.75, 3.05) is 5.32 Å². The Morgan fingerprint density at radius 3 is 2.29 bits per heavy atom. The third-order valence-electron chi connectivity index (χ3n) is 3.06. The summed E-state index contributed by atoms with van der Waals surface area (Å²) in [4.78, 5) is 0. The van der Waals surface area contributed by atoms with E-state index in [4.69, 9.17) is 35.4 Å². The minimum atomic E-state index is 0.546. The van der Waals surface area contributed by atoms with Crippen LogP contribution in [0.15, 0.2) is 42.5 Å². The maximum atomic E-state index is 5.98. The summed E-state index contributed by atoms with van der Waals surface area (Å²) in [6, 6.07) is 13.7. The second kappa shape index (κ2) is 7.64. The van der Waals surface area contributed by atoms with Gasteiger partial charge in [0.15, 0.2) is 5.11 Å². The zero-order chi connectivity index (χ0) is 15.2. The van der Waals surface area contributed by atoms with Crippen LogP contribution in [0.1, 0.15) is 18.1 Å². The summed E-state index contributed by atoms with van der Waals surface area (Å²) in [5.74, 6) is 0. The van der Waals surface area contributed by atoms with Crippen molar-refractivity contribution in [3.63, 3.8) is 0 Å². The molecule has 110 valence electrons. The van der Waals surface area contributed by atoms with Gasteiger partial charge in [0.2, 0.25) is 0 Å². The number of hydrogen-bond acceptors (Lipinski definition) is 1. The first-order chi connectivity index (χ1) is 10.1. The quantitative estimate of drug-likeness (QED) is 0.763. The second-order valence-corrected chi connectivity index (χ2v) is 5.83. The van der Waals surface area contributed by atoms with Gasteiger partial charge in [0.25, 0.3) is 0 Å². The Balaban J connectivity index is 1.87. The van der Waals surface area contributed by atoms with E-state index in [1.54, 1.807) is 6.07 Å². The molecule has 0 saturated heterocycles. The standard InChI is InChI=1S/C16H16Cl2N2S/c1-2-11-3-6-13(7-4-11)20-16(21)19-10-12-5-8-14(17)15(18)9-12/h3-9H,2,10H2,1H3,(H2,19,20,21). The highest BCUT2D eigenvalue weighted by Gasteiger charge is 2.01. The van der Waals surface area contributed by atoms with Crippen LogP contribution in [0.2, 0.25) is 10.0 Å². The first-order valence-electron chi connectivity index (χ1n) is 6.66. The van der Waals surface area contributed by atoms with E-state index >= 15 is 0 Å². The minimum absolute atomic E-state index is 0.546. The molecule has 0 amide bonds. The number of benzene rings is 2. The maximum absolute atomic E-state index is 5.98. The Kier molecular flexibility index (Phi) is 5.85. The van der Waals surface area contributed by atoms with E-state index in [0.29, 0.717) is 21.7 Å². The molecule has 0 unspecified atom stereocenters. The van der Waals surface area contributed by atoms with Gasteiger partial charge in [-0.15, -0.1) is 0 Å². The van der Waals surface area contributed by atoms with E-state index in [2.05, 4.69) is 29.7 Å². The van der Waals surface area contributed by atoms with Crippen molar-refractivity contribution in [2.24, 2.45) is 0 Å². The number of hydrogen-bond donors (Lipinski definition) is 2. The van der Waals surface area contributed by atoms with E-state index < -0.39 is 0 Å². The molecular weight excluding hydrogens is 323 g/mol. The molecule has 2 N–H and O–H groups in total. The molecule has 0 heterocycles. The van der Waals surface area contributed by atoms with E-state index in [9.17, 15) is 0 Å². The van der Waals surface area contributed by atoms with Crippen LogP contribution in [0.3, 0.4) is 0 Å². The van der Waals surface area contributed by atoms with Gasteiger partial charge in [-0.1, -0.05) is 48.3 Å². The van der Waals surface area contributed by atoms with E-state index in [0.717, 1.165) is 17.7 Å². The summed E-state index contributed by atoms with van der Waals surface area (Å²) < 4.78 is 0. The topological polar surface area (TPSA) is 24.1 Å². The molecular formula is C16H16Cl2N2S. The van der Waals surface area contributed by atoms with Gasteiger partial charge in [0.1, 0.15) is 0 Å². The Morgan fingerprint density at radius 2 is 1.67 bits per heavy atom. The number of thiocarbonyl (C=S) groups is 1. The van der Waals surface area contributed by atoms with Crippen molar-refractivity contribution >= 4 is 46.2 Å². The van der Waals surface area contributed by atoms with Crippen molar-refractivity contribution in [1.82, 2.24) is 5.32 Å². The molecule has 2 aromatic carbocycles. The zero-order valence-electron chi connectivity index (χ0n) is 11.6. The fourth-order valence-electron chi connectivity index (χ4n) is 1.83. The third kappa shape index (κ3) is 4.88.